The standard InChI is InChI=1S/C12H16F2N2O2.ClH/c1-15-6-7-16-11(17)8-9-2-4-10(5-3-9)18-12(13)14;/h2-5,12,15H,6-8H2,1H3,(H,16,17);1H. The molecule has 4 nitrogen and oxygen atoms in total. The van der Waals surface area contributed by atoms with Crippen LogP contribution in [0.1, 0.15) is 5.56 Å². The van der Waals surface area contributed by atoms with Crippen LogP contribution in [0.2, 0.25) is 0 Å². The molecule has 2 N–H and O–H groups in total. The summed E-state index contributed by atoms with van der Waals surface area (Å²) < 4.78 is 28.0. The van der Waals surface area contributed by atoms with Gasteiger partial charge in [0.25, 0.3) is 0 Å². The highest BCUT2D eigenvalue weighted by Crippen LogP contribution is 2.15. The SMILES string of the molecule is CNCCNC(=O)Cc1ccc(OC(F)F)cc1.Cl. The number of ether oxygens (including phenoxy) is 1. The van der Waals surface area contributed by atoms with E-state index in [-0.39, 0.29) is 30.5 Å². The van der Waals surface area contributed by atoms with Crippen molar-refractivity contribution in [2.45, 2.75) is 13.0 Å². The minimum Gasteiger partial charge on any atom is -0.435 e. The van der Waals surface area contributed by atoms with E-state index in [1.165, 1.54) is 12.1 Å². The molecule has 0 aliphatic heterocycles. The Morgan fingerprint density at radius 3 is 2.42 bits per heavy atom. The van der Waals surface area contributed by atoms with E-state index in [2.05, 4.69) is 15.4 Å². The predicted octanol–water partition coefficient (Wildman–Crippen LogP) is 1.59. The van der Waals surface area contributed by atoms with Gasteiger partial charge in [-0.2, -0.15) is 8.78 Å². The van der Waals surface area contributed by atoms with Gasteiger partial charge in [0.15, 0.2) is 0 Å². The zero-order valence-electron chi connectivity index (χ0n) is 10.5. The van der Waals surface area contributed by atoms with Gasteiger partial charge in [-0.1, -0.05) is 12.1 Å². The molecule has 108 valence electrons. The van der Waals surface area contributed by atoms with Gasteiger partial charge in [-0.3, -0.25) is 4.79 Å². The van der Waals surface area contributed by atoms with Crippen molar-refractivity contribution in [2.75, 3.05) is 20.1 Å². The van der Waals surface area contributed by atoms with Gasteiger partial charge in [-0.25, -0.2) is 0 Å². The molecule has 1 amide bonds. The smallest absolute Gasteiger partial charge is 0.387 e. The van der Waals surface area contributed by atoms with E-state index in [1.54, 1.807) is 19.2 Å². The summed E-state index contributed by atoms with van der Waals surface area (Å²) in [6, 6.07) is 6.02. The quantitative estimate of drug-likeness (QED) is 0.751. The van der Waals surface area contributed by atoms with E-state index in [4.69, 9.17) is 0 Å². The Morgan fingerprint density at radius 1 is 1.26 bits per heavy atom. The molecule has 0 bridgehead atoms. The number of carbonyl (C=O) groups excluding carboxylic acids is 1. The molecule has 1 rings (SSSR count). The number of alkyl halides is 2. The van der Waals surface area contributed by atoms with Crippen LogP contribution in [0.4, 0.5) is 8.78 Å². The largest absolute Gasteiger partial charge is 0.435 e. The highest BCUT2D eigenvalue weighted by molar-refractivity contribution is 5.85. The fourth-order valence-corrected chi connectivity index (χ4v) is 1.36. The molecule has 0 spiro atoms. The van der Waals surface area contributed by atoms with Crippen molar-refractivity contribution < 1.29 is 18.3 Å². The molecule has 1 aromatic carbocycles. The molecule has 0 atom stereocenters. The molecule has 0 heterocycles. The molecule has 0 fully saturated rings. The zero-order valence-corrected chi connectivity index (χ0v) is 11.3. The summed E-state index contributed by atoms with van der Waals surface area (Å²) in [5.74, 6) is -0.0166. The van der Waals surface area contributed by atoms with Crippen molar-refractivity contribution in [1.82, 2.24) is 10.6 Å². The minimum absolute atomic E-state index is 0. The maximum Gasteiger partial charge on any atom is 0.387 e. The zero-order chi connectivity index (χ0) is 13.4. The molecule has 0 unspecified atom stereocenters. The first-order chi connectivity index (χ1) is 8.61. The lowest BCUT2D eigenvalue weighted by Gasteiger charge is -2.06. The molecular weight excluding hydrogens is 278 g/mol. The van der Waals surface area contributed by atoms with Gasteiger partial charge in [0.2, 0.25) is 5.91 Å². The van der Waals surface area contributed by atoms with Gasteiger partial charge in [0.1, 0.15) is 5.75 Å². The topological polar surface area (TPSA) is 50.4 Å². The molecule has 0 aromatic heterocycles. The van der Waals surface area contributed by atoms with E-state index in [9.17, 15) is 13.6 Å². The number of nitrogens with one attached hydrogen (secondary N) is 2. The Bertz CT molecular complexity index is 374. The predicted molar refractivity (Wildman–Crippen MR) is 71.0 cm³/mol. The van der Waals surface area contributed by atoms with E-state index in [1.807, 2.05) is 0 Å². The number of carbonyl (C=O) groups is 1. The second-order valence-electron chi connectivity index (χ2n) is 3.65. The fourth-order valence-electron chi connectivity index (χ4n) is 1.36. The summed E-state index contributed by atoms with van der Waals surface area (Å²) in [7, 11) is 1.80. The molecule has 0 saturated carbocycles. The van der Waals surface area contributed by atoms with E-state index >= 15 is 0 Å². The first kappa shape index (κ1) is 17.6. The fraction of sp³-hybridized carbons (Fsp3) is 0.417. The van der Waals surface area contributed by atoms with Crippen LogP contribution in [0.3, 0.4) is 0 Å². The van der Waals surface area contributed by atoms with Gasteiger partial charge in [0.05, 0.1) is 6.42 Å². The molecular formula is C12H17ClF2N2O2. The van der Waals surface area contributed by atoms with E-state index < -0.39 is 6.61 Å². The maximum absolute atomic E-state index is 11.9. The van der Waals surface area contributed by atoms with Gasteiger partial charge in [-0.15, -0.1) is 12.4 Å². The monoisotopic (exact) mass is 294 g/mol. The highest BCUT2D eigenvalue weighted by Gasteiger charge is 2.05. The summed E-state index contributed by atoms with van der Waals surface area (Å²) in [6.45, 7) is -1.57. The maximum atomic E-state index is 11.9. The third-order valence-corrected chi connectivity index (χ3v) is 2.21. The van der Waals surface area contributed by atoms with Crippen LogP contribution in [-0.2, 0) is 11.2 Å². The number of halogens is 3. The molecule has 7 heteroatoms. The Balaban J connectivity index is 0.00000324. The van der Waals surface area contributed by atoms with Crippen molar-refractivity contribution in [3.05, 3.63) is 29.8 Å². The third kappa shape index (κ3) is 7.58. The number of amides is 1. The van der Waals surface area contributed by atoms with Crippen molar-refractivity contribution in [2.24, 2.45) is 0 Å². The molecule has 0 aliphatic carbocycles. The van der Waals surface area contributed by atoms with Crippen LogP contribution in [0, 0.1) is 0 Å². The van der Waals surface area contributed by atoms with Crippen LogP contribution >= 0.6 is 12.4 Å². The Kier molecular flexibility index (Phi) is 8.82. The average Bonchev–Trinajstić information content (AvgIpc) is 2.31. The first-order valence-corrected chi connectivity index (χ1v) is 5.57. The summed E-state index contributed by atoms with van der Waals surface area (Å²) >= 11 is 0. The Morgan fingerprint density at radius 2 is 1.89 bits per heavy atom. The first-order valence-electron chi connectivity index (χ1n) is 5.57. The number of hydrogen-bond acceptors (Lipinski definition) is 3. The number of likely N-dealkylation sites (N-methyl/N-ethyl adjacent to an activating group) is 1. The molecule has 1 aromatic rings. The lowest BCUT2D eigenvalue weighted by molar-refractivity contribution is -0.120. The normalized spacial score (nSPS) is 9.89. The molecule has 0 saturated heterocycles. The second kappa shape index (κ2) is 9.52. The summed E-state index contributed by atoms with van der Waals surface area (Å²) in [5, 5.41) is 5.64. The number of benzene rings is 1. The van der Waals surface area contributed by atoms with Gasteiger partial charge < -0.3 is 15.4 Å². The van der Waals surface area contributed by atoms with Crippen molar-refractivity contribution in [3.63, 3.8) is 0 Å². The minimum atomic E-state index is -2.83. The lowest BCUT2D eigenvalue weighted by atomic mass is 10.1. The Labute approximate surface area is 116 Å². The van der Waals surface area contributed by atoms with Gasteiger partial charge in [0, 0.05) is 13.1 Å². The van der Waals surface area contributed by atoms with Crippen LogP contribution in [0.5, 0.6) is 5.75 Å². The molecule has 19 heavy (non-hydrogen) atoms. The number of hydrogen-bond donors (Lipinski definition) is 2. The Hall–Kier alpha value is -1.40. The van der Waals surface area contributed by atoms with Gasteiger partial charge >= 0.3 is 6.61 Å². The van der Waals surface area contributed by atoms with Crippen molar-refractivity contribution >= 4 is 18.3 Å². The number of rotatable bonds is 7. The third-order valence-electron chi connectivity index (χ3n) is 2.21. The van der Waals surface area contributed by atoms with Crippen molar-refractivity contribution in [1.29, 1.82) is 0 Å². The van der Waals surface area contributed by atoms with Crippen LogP contribution in [0.25, 0.3) is 0 Å². The second-order valence-corrected chi connectivity index (χ2v) is 3.65. The van der Waals surface area contributed by atoms with Crippen LogP contribution in [0.15, 0.2) is 24.3 Å². The van der Waals surface area contributed by atoms with E-state index in [0.717, 1.165) is 5.56 Å². The van der Waals surface area contributed by atoms with E-state index in [0.29, 0.717) is 13.1 Å². The van der Waals surface area contributed by atoms with Crippen LogP contribution < -0.4 is 15.4 Å². The summed E-state index contributed by atoms with van der Waals surface area (Å²) in [6.07, 6.45) is 0.221. The molecule has 0 aliphatic rings. The van der Waals surface area contributed by atoms with Gasteiger partial charge in [-0.05, 0) is 24.7 Å². The summed E-state index contributed by atoms with van der Waals surface area (Å²) in [4.78, 5) is 11.5. The lowest BCUT2D eigenvalue weighted by Crippen LogP contribution is -2.31. The summed E-state index contributed by atoms with van der Waals surface area (Å²) in [5.41, 5.74) is 0.749. The highest BCUT2D eigenvalue weighted by atomic mass is 35.5. The average molecular weight is 295 g/mol. The van der Waals surface area contributed by atoms with Crippen LogP contribution in [-0.4, -0.2) is 32.7 Å². The van der Waals surface area contributed by atoms with Crippen molar-refractivity contribution in [3.8, 4) is 5.75 Å². The molecule has 0 radical (unpaired) electrons.